The van der Waals surface area contributed by atoms with E-state index >= 15 is 0 Å². The minimum absolute atomic E-state index is 0.129. The number of hydrogen-bond donors (Lipinski definition) is 0. The van der Waals surface area contributed by atoms with Gasteiger partial charge in [-0.2, -0.15) is 0 Å². The molecule has 2 rings (SSSR count). The number of carbonyl (C=O) groups is 1. The summed E-state index contributed by atoms with van der Waals surface area (Å²) in [4.78, 5) is 12.6. The Hall–Kier alpha value is 0.360. The number of thioether (sulfide) groups is 2. The van der Waals surface area contributed by atoms with E-state index in [0.29, 0.717) is 0 Å². The fourth-order valence-corrected chi connectivity index (χ4v) is 6.64. The minimum atomic E-state index is -0.231. The van der Waals surface area contributed by atoms with E-state index in [1.54, 1.807) is 11.3 Å². The summed E-state index contributed by atoms with van der Waals surface area (Å²) < 4.78 is -0.132. The molecule has 1 aromatic rings. The summed E-state index contributed by atoms with van der Waals surface area (Å²) in [6.45, 7) is 1.93. The molecule has 0 saturated carbocycles. The molecule has 1 fully saturated rings. The molecule has 1 atom stereocenters. The molecule has 0 spiro atoms. The first-order chi connectivity index (χ1) is 7.17. The van der Waals surface area contributed by atoms with Crippen molar-refractivity contribution in [1.29, 1.82) is 0 Å². The third kappa shape index (κ3) is 2.09. The van der Waals surface area contributed by atoms with Crippen molar-refractivity contribution in [3.8, 4) is 0 Å². The molecule has 0 aliphatic carbocycles. The number of carbonyl (C=O) groups excluding carboxylic acids is 1. The number of thiophene rings is 1. The first-order valence-electron chi connectivity index (χ1n) is 4.68. The normalized spacial score (nSPS) is 21.5. The first kappa shape index (κ1) is 11.8. The van der Waals surface area contributed by atoms with Crippen LogP contribution in [0.15, 0.2) is 17.5 Å². The third-order valence-electron chi connectivity index (χ3n) is 2.49. The van der Waals surface area contributed by atoms with Gasteiger partial charge in [-0.1, -0.05) is 13.0 Å². The molecule has 5 heteroatoms. The lowest BCUT2D eigenvalue weighted by Gasteiger charge is -2.30. The number of rotatable bonds is 3. The molecule has 0 radical (unpaired) electrons. The van der Waals surface area contributed by atoms with Crippen molar-refractivity contribution in [3.05, 3.63) is 22.4 Å². The summed E-state index contributed by atoms with van der Waals surface area (Å²) in [7, 11) is 0. The monoisotopic (exact) mass is 278 g/mol. The van der Waals surface area contributed by atoms with E-state index in [-0.39, 0.29) is 15.2 Å². The second-order valence-corrected chi connectivity index (χ2v) is 7.63. The average molecular weight is 279 g/mol. The van der Waals surface area contributed by atoms with Gasteiger partial charge >= 0.3 is 0 Å². The number of halogens is 1. The van der Waals surface area contributed by atoms with Crippen molar-refractivity contribution in [3.63, 3.8) is 0 Å². The van der Waals surface area contributed by atoms with Crippen LogP contribution in [-0.4, -0.2) is 16.7 Å². The van der Waals surface area contributed by atoms with Crippen molar-refractivity contribution in [2.24, 2.45) is 5.92 Å². The van der Waals surface area contributed by atoms with Crippen molar-refractivity contribution in [1.82, 2.24) is 0 Å². The van der Waals surface area contributed by atoms with Gasteiger partial charge in [0.1, 0.15) is 4.08 Å². The van der Waals surface area contributed by atoms with Gasteiger partial charge in [0.05, 0.1) is 5.92 Å². The molecule has 82 valence electrons. The fourth-order valence-electron chi connectivity index (χ4n) is 1.66. The summed E-state index contributed by atoms with van der Waals surface area (Å²) in [6.07, 6.45) is 0. The maximum Gasteiger partial charge on any atom is 0.227 e. The van der Waals surface area contributed by atoms with Gasteiger partial charge in [0.2, 0.25) is 5.24 Å². The second kappa shape index (κ2) is 4.70. The molecule has 1 aliphatic heterocycles. The van der Waals surface area contributed by atoms with Gasteiger partial charge in [-0.3, -0.25) is 4.79 Å². The zero-order chi connectivity index (χ0) is 10.9. The molecule has 2 heterocycles. The van der Waals surface area contributed by atoms with E-state index in [0.717, 1.165) is 11.5 Å². The molecule has 0 bridgehead atoms. The smallest absolute Gasteiger partial charge is 0.227 e. The van der Waals surface area contributed by atoms with E-state index in [2.05, 4.69) is 11.4 Å². The SMILES string of the molecule is CC(C(=O)Cl)C1(c2cccs2)SCCS1. The van der Waals surface area contributed by atoms with Gasteiger partial charge < -0.3 is 0 Å². The van der Waals surface area contributed by atoms with E-state index in [9.17, 15) is 4.79 Å². The summed E-state index contributed by atoms with van der Waals surface area (Å²) in [6, 6.07) is 4.14. The molecular formula is C10H11ClOS3. The van der Waals surface area contributed by atoms with Crippen LogP contribution in [-0.2, 0) is 8.87 Å². The predicted octanol–water partition coefficient (Wildman–Crippen LogP) is 3.78. The molecule has 1 aliphatic rings. The number of hydrogen-bond acceptors (Lipinski definition) is 4. The van der Waals surface area contributed by atoms with Crippen molar-refractivity contribution >= 4 is 51.7 Å². The highest BCUT2D eigenvalue weighted by Gasteiger charge is 2.45. The fraction of sp³-hybridized carbons (Fsp3) is 0.500. The van der Waals surface area contributed by atoms with Crippen LogP contribution in [0.5, 0.6) is 0 Å². The predicted molar refractivity (Wildman–Crippen MR) is 70.9 cm³/mol. The Morgan fingerprint density at radius 2 is 2.20 bits per heavy atom. The first-order valence-corrected chi connectivity index (χ1v) is 7.91. The Bertz CT molecular complexity index is 344. The highest BCUT2D eigenvalue weighted by molar-refractivity contribution is 8.20. The van der Waals surface area contributed by atoms with Gasteiger partial charge in [-0.15, -0.1) is 34.9 Å². The van der Waals surface area contributed by atoms with Crippen LogP contribution >= 0.6 is 46.5 Å². The topological polar surface area (TPSA) is 17.1 Å². The molecule has 1 aromatic heterocycles. The van der Waals surface area contributed by atoms with Crippen LogP contribution in [0.4, 0.5) is 0 Å². The minimum Gasteiger partial charge on any atom is -0.281 e. The summed E-state index contributed by atoms with van der Waals surface area (Å²) in [5, 5.41) is 1.83. The van der Waals surface area contributed by atoms with E-state index in [1.165, 1.54) is 4.88 Å². The molecular weight excluding hydrogens is 268 g/mol. The van der Waals surface area contributed by atoms with Crippen LogP contribution < -0.4 is 0 Å². The van der Waals surface area contributed by atoms with Crippen LogP contribution in [0, 0.1) is 5.92 Å². The molecule has 0 N–H and O–H groups in total. The zero-order valence-corrected chi connectivity index (χ0v) is 11.4. The third-order valence-corrected chi connectivity index (χ3v) is 7.87. The molecule has 0 aromatic carbocycles. The molecule has 1 unspecified atom stereocenters. The zero-order valence-electron chi connectivity index (χ0n) is 8.23. The Morgan fingerprint density at radius 3 is 2.67 bits per heavy atom. The Balaban J connectivity index is 2.36. The van der Waals surface area contributed by atoms with Crippen LogP contribution in [0.3, 0.4) is 0 Å². The molecule has 1 saturated heterocycles. The lowest BCUT2D eigenvalue weighted by atomic mass is 10.1. The maximum absolute atomic E-state index is 11.4. The van der Waals surface area contributed by atoms with Crippen molar-refractivity contribution in [2.45, 2.75) is 11.0 Å². The maximum atomic E-state index is 11.4. The van der Waals surface area contributed by atoms with Crippen LogP contribution in [0.25, 0.3) is 0 Å². The van der Waals surface area contributed by atoms with Gasteiger partial charge in [0, 0.05) is 16.4 Å². The Labute approximate surface area is 107 Å². The van der Waals surface area contributed by atoms with Gasteiger partial charge in [-0.25, -0.2) is 0 Å². The summed E-state index contributed by atoms with van der Waals surface area (Å²) in [5.41, 5.74) is 0. The molecule has 1 nitrogen and oxygen atoms in total. The van der Waals surface area contributed by atoms with Gasteiger partial charge in [-0.05, 0) is 23.0 Å². The lowest BCUT2D eigenvalue weighted by Crippen LogP contribution is -2.27. The largest absolute Gasteiger partial charge is 0.281 e. The van der Waals surface area contributed by atoms with Crippen molar-refractivity contribution in [2.75, 3.05) is 11.5 Å². The lowest BCUT2D eigenvalue weighted by molar-refractivity contribution is -0.114. The average Bonchev–Trinajstić information content (AvgIpc) is 2.87. The molecule has 15 heavy (non-hydrogen) atoms. The van der Waals surface area contributed by atoms with Gasteiger partial charge in [0.15, 0.2) is 0 Å². The van der Waals surface area contributed by atoms with Crippen LogP contribution in [0.2, 0.25) is 0 Å². The van der Waals surface area contributed by atoms with Crippen LogP contribution in [0.1, 0.15) is 11.8 Å². The standard InChI is InChI=1S/C10H11ClOS3/c1-7(9(11)12)10(14-5-6-15-10)8-3-2-4-13-8/h2-4,7H,5-6H2,1H3. The van der Waals surface area contributed by atoms with E-state index < -0.39 is 0 Å². The Morgan fingerprint density at radius 1 is 1.53 bits per heavy atom. The van der Waals surface area contributed by atoms with E-state index in [1.807, 2.05) is 36.5 Å². The molecule has 0 amide bonds. The summed E-state index contributed by atoms with van der Waals surface area (Å²) in [5.74, 6) is 2.06. The second-order valence-electron chi connectivity index (χ2n) is 3.37. The Kier molecular flexibility index (Phi) is 3.71. The quantitative estimate of drug-likeness (QED) is 0.783. The summed E-state index contributed by atoms with van der Waals surface area (Å²) >= 11 is 11.1. The van der Waals surface area contributed by atoms with E-state index in [4.69, 9.17) is 11.6 Å². The highest BCUT2D eigenvalue weighted by atomic mass is 35.5. The van der Waals surface area contributed by atoms with Gasteiger partial charge in [0.25, 0.3) is 0 Å². The highest BCUT2D eigenvalue weighted by Crippen LogP contribution is 2.58. The van der Waals surface area contributed by atoms with Crippen molar-refractivity contribution < 1.29 is 4.79 Å².